The van der Waals surface area contributed by atoms with Gasteiger partial charge in [0, 0.05) is 5.54 Å². The van der Waals surface area contributed by atoms with Crippen LogP contribution in [-0.2, 0) is 0 Å². The molecule has 0 bridgehead atoms. The third-order valence-electron chi connectivity index (χ3n) is 3.33. The van der Waals surface area contributed by atoms with Gasteiger partial charge < -0.3 is 10.1 Å². The molecule has 1 N–H and O–H groups in total. The maximum atomic E-state index is 5.76. The van der Waals surface area contributed by atoms with Crippen LogP contribution < -0.4 is 10.1 Å². The maximum absolute atomic E-state index is 5.76. The standard InChI is InChI=1S/C16H27NO/c1-7-16(5,6)17-14-10-9-13(12(3)4)11-15(14)18-8-2/h9-12,17H,7-8H2,1-6H3. The molecule has 0 heterocycles. The van der Waals surface area contributed by atoms with Gasteiger partial charge >= 0.3 is 0 Å². The Balaban J connectivity index is 3.03. The summed E-state index contributed by atoms with van der Waals surface area (Å²) in [5.74, 6) is 1.49. The second kappa shape index (κ2) is 6.12. The van der Waals surface area contributed by atoms with Crippen LogP contribution >= 0.6 is 0 Å². The molecule has 0 saturated heterocycles. The van der Waals surface area contributed by atoms with Crippen LogP contribution in [-0.4, -0.2) is 12.1 Å². The van der Waals surface area contributed by atoms with E-state index >= 15 is 0 Å². The minimum atomic E-state index is 0.0885. The lowest BCUT2D eigenvalue weighted by atomic mass is 9.99. The molecule has 0 aliphatic rings. The van der Waals surface area contributed by atoms with Crippen molar-refractivity contribution < 1.29 is 4.74 Å². The minimum absolute atomic E-state index is 0.0885. The Hall–Kier alpha value is -1.18. The summed E-state index contributed by atoms with van der Waals surface area (Å²) in [7, 11) is 0. The molecule has 0 radical (unpaired) electrons. The molecular formula is C16H27NO. The van der Waals surface area contributed by atoms with Gasteiger partial charge in [0.2, 0.25) is 0 Å². The molecule has 1 aromatic carbocycles. The molecule has 102 valence electrons. The second-order valence-electron chi connectivity index (χ2n) is 5.71. The highest BCUT2D eigenvalue weighted by atomic mass is 16.5. The van der Waals surface area contributed by atoms with E-state index in [-0.39, 0.29) is 5.54 Å². The first kappa shape index (κ1) is 14.9. The van der Waals surface area contributed by atoms with Gasteiger partial charge in [0.1, 0.15) is 5.75 Å². The quantitative estimate of drug-likeness (QED) is 0.781. The fraction of sp³-hybridized carbons (Fsp3) is 0.625. The molecule has 1 rings (SSSR count). The molecule has 0 atom stereocenters. The van der Waals surface area contributed by atoms with Crippen molar-refractivity contribution >= 4 is 5.69 Å². The fourth-order valence-corrected chi connectivity index (χ4v) is 1.73. The van der Waals surface area contributed by atoms with Crippen molar-refractivity contribution in [2.75, 3.05) is 11.9 Å². The Kier molecular flexibility index (Phi) is 5.06. The summed E-state index contributed by atoms with van der Waals surface area (Å²) >= 11 is 0. The monoisotopic (exact) mass is 249 g/mol. The number of ether oxygens (including phenoxy) is 1. The van der Waals surface area contributed by atoms with Crippen molar-refractivity contribution in [2.45, 2.75) is 59.4 Å². The Morgan fingerprint density at radius 2 is 1.89 bits per heavy atom. The van der Waals surface area contributed by atoms with Gasteiger partial charge in [0.15, 0.2) is 0 Å². The van der Waals surface area contributed by atoms with E-state index in [0.717, 1.165) is 17.9 Å². The summed E-state index contributed by atoms with van der Waals surface area (Å²) in [6.45, 7) is 13.7. The van der Waals surface area contributed by atoms with E-state index in [2.05, 4.69) is 58.1 Å². The van der Waals surface area contributed by atoms with Gasteiger partial charge in [-0.1, -0.05) is 26.8 Å². The molecular weight excluding hydrogens is 222 g/mol. The first-order valence-electron chi connectivity index (χ1n) is 6.94. The summed E-state index contributed by atoms with van der Waals surface area (Å²) in [4.78, 5) is 0. The van der Waals surface area contributed by atoms with E-state index < -0.39 is 0 Å². The Bertz CT molecular complexity index is 383. The normalized spacial score (nSPS) is 11.7. The predicted octanol–water partition coefficient (Wildman–Crippen LogP) is 4.81. The van der Waals surface area contributed by atoms with Gasteiger partial charge in [0.25, 0.3) is 0 Å². The zero-order chi connectivity index (χ0) is 13.8. The van der Waals surface area contributed by atoms with Gasteiger partial charge in [-0.25, -0.2) is 0 Å². The van der Waals surface area contributed by atoms with Crippen LogP contribution in [0.1, 0.15) is 59.4 Å². The molecule has 18 heavy (non-hydrogen) atoms. The second-order valence-corrected chi connectivity index (χ2v) is 5.71. The van der Waals surface area contributed by atoms with Crippen LogP contribution in [0.15, 0.2) is 18.2 Å². The lowest BCUT2D eigenvalue weighted by Crippen LogP contribution is -2.29. The molecule has 2 nitrogen and oxygen atoms in total. The van der Waals surface area contributed by atoms with Crippen molar-refractivity contribution in [1.29, 1.82) is 0 Å². The molecule has 0 fully saturated rings. The van der Waals surface area contributed by atoms with Crippen LogP contribution in [0.5, 0.6) is 5.75 Å². The van der Waals surface area contributed by atoms with Crippen molar-refractivity contribution in [2.24, 2.45) is 0 Å². The summed E-state index contributed by atoms with van der Waals surface area (Å²) in [5, 5.41) is 3.56. The first-order chi connectivity index (χ1) is 8.39. The largest absolute Gasteiger partial charge is 0.492 e. The summed E-state index contributed by atoms with van der Waals surface area (Å²) in [6, 6.07) is 6.47. The average molecular weight is 249 g/mol. The molecule has 0 unspecified atom stereocenters. The number of hydrogen-bond donors (Lipinski definition) is 1. The Morgan fingerprint density at radius 3 is 2.39 bits per heavy atom. The van der Waals surface area contributed by atoms with E-state index in [1.807, 2.05) is 6.92 Å². The first-order valence-corrected chi connectivity index (χ1v) is 6.94. The molecule has 0 aliphatic heterocycles. The third kappa shape index (κ3) is 3.94. The molecule has 1 aromatic rings. The van der Waals surface area contributed by atoms with Crippen LogP contribution in [0, 0.1) is 0 Å². The number of nitrogens with one attached hydrogen (secondary N) is 1. The fourth-order valence-electron chi connectivity index (χ4n) is 1.73. The van der Waals surface area contributed by atoms with E-state index in [1.54, 1.807) is 0 Å². The highest BCUT2D eigenvalue weighted by molar-refractivity contribution is 5.59. The molecule has 0 saturated carbocycles. The van der Waals surface area contributed by atoms with Gasteiger partial charge in [-0.2, -0.15) is 0 Å². The van der Waals surface area contributed by atoms with Crippen LogP contribution in [0.2, 0.25) is 0 Å². The number of rotatable bonds is 6. The smallest absolute Gasteiger partial charge is 0.142 e. The SMILES string of the molecule is CCOc1cc(C(C)C)ccc1NC(C)(C)CC. The van der Waals surface area contributed by atoms with Crippen molar-refractivity contribution in [3.05, 3.63) is 23.8 Å². The van der Waals surface area contributed by atoms with E-state index in [9.17, 15) is 0 Å². The van der Waals surface area contributed by atoms with Crippen LogP contribution in [0.25, 0.3) is 0 Å². The Labute approximate surface area is 112 Å². The summed E-state index contributed by atoms with van der Waals surface area (Å²) < 4.78 is 5.76. The third-order valence-corrected chi connectivity index (χ3v) is 3.33. The Morgan fingerprint density at radius 1 is 1.22 bits per heavy atom. The van der Waals surface area contributed by atoms with Gasteiger partial charge in [0.05, 0.1) is 12.3 Å². The lowest BCUT2D eigenvalue weighted by molar-refractivity contribution is 0.340. The summed E-state index contributed by atoms with van der Waals surface area (Å²) in [6.07, 6.45) is 1.07. The maximum Gasteiger partial charge on any atom is 0.142 e. The van der Waals surface area contributed by atoms with Crippen molar-refractivity contribution in [3.63, 3.8) is 0 Å². The molecule has 2 heteroatoms. The van der Waals surface area contributed by atoms with E-state index in [0.29, 0.717) is 12.5 Å². The van der Waals surface area contributed by atoms with Crippen LogP contribution in [0.3, 0.4) is 0 Å². The highest BCUT2D eigenvalue weighted by Crippen LogP contribution is 2.31. The molecule has 0 aliphatic carbocycles. The zero-order valence-corrected chi connectivity index (χ0v) is 12.6. The van der Waals surface area contributed by atoms with Gasteiger partial charge in [-0.15, -0.1) is 0 Å². The van der Waals surface area contributed by atoms with E-state index in [4.69, 9.17) is 4.74 Å². The number of hydrogen-bond acceptors (Lipinski definition) is 2. The number of benzene rings is 1. The van der Waals surface area contributed by atoms with E-state index in [1.165, 1.54) is 5.56 Å². The zero-order valence-electron chi connectivity index (χ0n) is 12.6. The lowest BCUT2D eigenvalue weighted by Gasteiger charge is -2.27. The number of anilines is 1. The van der Waals surface area contributed by atoms with Crippen molar-refractivity contribution in [1.82, 2.24) is 0 Å². The minimum Gasteiger partial charge on any atom is -0.492 e. The summed E-state index contributed by atoms with van der Waals surface area (Å²) in [5.41, 5.74) is 2.50. The highest BCUT2D eigenvalue weighted by Gasteiger charge is 2.17. The predicted molar refractivity (Wildman–Crippen MR) is 79.7 cm³/mol. The van der Waals surface area contributed by atoms with Gasteiger partial charge in [-0.3, -0.25) is 0 Å². The molecule has 0 aromatic heterocycles. The molecule has 0 spiro atoms. The average Bonchev–Trinajstić information content (AvgIpc) is 2.31. The van der Waals surface area contributed by atoms with Crippen molar-refractivity contribution in [3.8, 4) is 5.75 Å². The van der Waals surface area contributed by atoms with Crippen LogP contribution in [0.4, 0.5) is 5.69 Å². The van der Waals surface area contributed by atoms with Gasteiger partial charge in [-0.05, 0) is 50.8 Å². The topological polar surface area (TPSA) is 21.3 Å². The molecule has 0 amide bonds.